The van der Waals surface area contributed by atoms with Crippen molar-refractivity contribution in [3.05, 3.63) is 29.8 Å². The third-order valence-corrected chi connectivity index (χ3v) is 4.91. The molecule has 1 aromatic rings. The van der Waals surface area contributed by atoms with Crippen LogP contribution in [-0.4, -0.2) is 32.0 Å². The van der Waals surface area contributed by atoms with Gasteiger partial charge in [-0.25, -0.2) is 8.42 Å². The van der Waals surface area contributed by atoms with E-state index in [4.69, 9.17) is 0 Å². The number of hydrogen-bond donors (Lipinski definition) is 0. The van der Waals surface area contributed by atoms with Gasteiger partial charge in [0.1, 0.15) is 6.04 Å². The molecule has 0 fully saturated rings. The molecule has 0 aliphatic carbocycles. The Labute approximate surface area is 117 Å². The first-order chi connectivity index (χ1) is 8.98. The van der Waals surface area contributed by atoms with Gasteiger partial charge in [-0.1, -0.05) is 31.5 Å². The molecular weight excluding hydrogens is 291 g/mol. The molecule has 0 aliphatic rings. The van der Waals surface area contributed by atoms with E-state index in [9.17, 15) is 21.6 Å². The van der Waals surface area contributed by atoms with Gasteiger partial charge in [0.2, 0.25) is 10.0 Å². The van der Waals surface area contributed by atoms with Crippen molar-refractivity contribution in [2.45, 2.75) is 37.9 Å². The van der Waals surface area contributed by atoms with E-state index < -0.39 is 28.2 Å². The minimum absolute atomic E-state index is 0.138. The highest BCUT2D eigenvalue weighted by Crippen LogP contribution is 2.32. The summed E-state index contributed by atoms with van der Waals surface area (Å²) in [5.41, 5.74) is 0.836. The highest BCUT2D eigenvalue weighted by molar-refractivity contribution is 7.89. The number of halogens is 3. The van der Waals surface area contributed by atoms with Gasteiger partial charge in [0, 0.05) is 7.05 Å². The van der Waals surface area contributed by atoms with Crippen molar-refractivity contribution in [3.63, 3.8) is 0 Å². The molecule has 0 N–H and O–H groups in total. The van der Waals surface area contributed by atoms with Crippen LogP contribution in [-0.2, 0) is 10.0 Å². The van der Waals surface area contributed by atoms with Gasteiger partial charge in [0.15, 0.2) is 0 Å². The molecule has 1 rings (SSSR count). The second kappa shape index (κ2) is 5.73. The Bertz CT molecular complexity index is 550. The Morgan fingerprint density at radius 3 is 1.90 bits per heavy atom. The summed E-state index contributed by atoms with van der Waals surface area (Å²) < 4.78 is 64.0. The van der Waals surface area contributed by atoms with Crippen LogP contribution in [0.4, 0.5) is 13.2 Å². The number of nitrogens with zero attached hydrogens (tertiary/aromatic N) is 1. The average molecular weight is 309 g/mol. The number of aryl methyl sites for hydroxylation is 1. The first kappa shape index (κ1) is 17.0. The van der Waals surface area contributed by atoms with E-state index in [1.807, 2.05) is 0 Å². The van der Waals surface area contributed by atoms with Gasteiger partial charge in [0.05, 0.1) is 4.90 Å². The van der Waals surface area contributed by atoms with E-state index in [1.165, 1.54) is 26.0 Å². The lowest BCUT2D eigenvalue weighted by molar-refractivity contribution is -0.179. The van der Waals surface area contributed by atoms with Crippen LogP contribution in [0.1, 0.15) is 19.4 Å². The van der Waals surface area contributed by atoms with E-state index in [2.05, 4.69) is 0 Å². The van der Waals surface area contributed by atoms with Crippen LogP contribution < -0.4 is 0 Å². The molecule has 1 aromatic carbocycles. The van der Waals surface area contributed by atoms with Gasteiger partial charge in [0.25, 0.3) is 0 Å². The summed E-state index contributed by atoms with van der Waals surface area (Å²) in [6.07, 6.45) is -4.61. The molecule has 1 unspecified atom stereocenters. The average Bonchev–Trinajstić information content (AvgIpc) is 2.26. The van der Waals surface area contributed by atoms with Gasteiger partial charge in [-0.2, -0.15) is 17.5 Å². The molecule has 0 aliphatic heterocycles. The molecule has 0 heterocycles. The minimum atomic E-state index is -4.61. The Morgan fingerprint density at radius 2 is 1.55 bits per heavy atom. The maximum atomic E-state index is 13.0. The number of hydrogen-bond acceptors (Lipinski definition) is 2. The quantitative estimate of drug-likeness (QED) is 0.856. The highest BCUT2D eigenvalue weighted by atomic mass is 32.2. The molecule has 0 radical (unpaired) electrons. The standard InChI is InChI=1S/C13H18F3NO2S/c1-9(2)12(13(14,15)16)17(4)20(18,19)11-7-5-10(3)6-8-11/h5-9,12H,1-4H3. The summed E-state index contributed by atoms with van der Waals surface area (Å²) in [7, 11) is -3.20. The van der Waals surface area contributed by atoms with Gasteiger partial charge >= 0.3 is 6.18 Å². The molecule has 0 amide bonds. The predicted molar refractivity (Wildman–Crippen MR) is 70.8 cm³/mol. The second-order valence-corrected chi connectivity index (χ2v) is 7.06. The lowest BCUT2D eigenvalue weighted by atomic mass is 10.0. The zero-order valence-corrected chi connectivity index (χ0v) is 12.6. The molecule has 0 spiro atoms. The smallest absolute Gasteiger partial charge is 0.207 e. The van der Waals surface area contributed by atoms with Crippen molar-refractivity contribution in [1.82, 2.24) is 4.31 Å². The second-order valence-electron chi connectivity index (χ2n) is 5.06. The molecule has 7 heteroatoms. The molecule has 0 aromatic heterocycles. The van der Waals surface area contributed by atoms with Crippen LogP contribution in [0.3, 0.4) is 0 Å². The van der Waals surface area contributed by atoms with Crippen LogP contribution >= 0.6 is 0 Å². The number of sulfonamides is 1. The molecular formula is C13H18F3NO2S. The van der Waals surface area contributed by atoms with Crippen LogP contribution in [0.15, 0.2) is 29.2 Å². The SMILES string of the molecule is Cc1ccc(S(=O)(=O)N(C)C(C(C)C)C(F)(F)F)cc1. The Balaban J connectivity index is 3.23. The molecule has 0 bridgehead atoms. The summed E-state index contributed by atoms with van der Waals surface area (Å²) >= 11 is 0. The molecule has 114 valence electrons. The summed E-state index contributed by atoms with van der Waals surface area (Å²) in [5, 5.41) is 0. The first-order valence-corrected chi connectivity index (χ1v) is 7.53. The van der Waals surface area contributed by atoms with E-state index in [1.54, 1.807) is 19.1 Å². The zero-order valence-electron chi connectivity index (χ0n) is 11.8. The predicted octanol–water partition coefficient (Wildman–Crippen LogP) is 3.20. The van der Waals surface area contributed by atoms with E-state index in [0.29, 0.717) is 4.31 Å². The fraction of sp³-hybridized carbons (Fsp3) is 0.538. The maximum absolute atomic E-state index is 13.0. The molecule has 1 atom stereocenters. The summed E-state index contributed by atoms with van der Waals surface area (Å²) in [4.78, 5) is -0.138. The van der Waals surface area contributed by atoms with Crippen LogP contribution in [0.25, 0.3) is 0 Å². The fourth-order valence-electron chi connectivity index (χ4n) is 2.03. The van der Waals surface area contributed by atoms with Gasteiger partial charge in [-0.3, -0.25) is 0 Å². The molecule has 20 heavy (non-hydrogen) atoms. The maximum Gasteiger partial charge on any atom is 0.405 e. The third-order valence-electron chi connectivity index (χ3n) is 3.06. The lowest BCUT2D eigenvalue weighted by Gasteiger charge is -2.32. The summed E-state index contributed by atoms with van der Waals surface area (Å²) in [6, 6.07) is 3.69. The van der Waals surface area contributed by atoms with E-state index in [0.717, 1.165) is 12.6 Å². The summed E-state index contributed by atoms with van der Waals surface area (Å²) in [5.74, 6) is -0.875. The van der Waals surface area contributed by atoms with Crippen molar-refractivity contribution in [2.75, 3.05) is 7.05 Å². The fourth-order valence-corrected chi connectivity index (χ4v) is 3.50. The van der Waals surface area contributed by atoms with Crippen molar-refractivity contribution in [3.8, 4) is 0 Å². The number of alkyl halides is 3. The monoisotopic (exact) mass is 309 g/mol. The lowest BCUT2D eigenvalue weighted by Crippen LogP contribution is -2.49. The van der Waals surface area contributed by atoms with Gasteiger partial charge in [-0.05, 0) is 25.0 Å². The largest absolute Gasteiger partial charge is 0.405 e. The number of rotatable bonds is 4. The van der Waals surface area contributed by atoms with Crippen LogP contribution in [0.2, 0.25) is 0 Å². The van der Waals surface area contributed by atoms with Crippen molar-refractivity contribution < 1.29 is 21.6 Å². The first-order valence-electron chi connectivity index (χ1n) is 6.09. The van der Waals surface area contributed by atoms with E-state index in [-0.39, 0.29) is 4.90 Å². The van der Waals surface area contributed by atoms with Gasteiger partial charge in [-0.15, -0.1) is 0 Å². The van der Waals surface area contributed by atoms with Crippen molar-refractivity contribution >= 4 is 10.0 Å². The number of benzene rings is 1. The molecule has 3 nitrogen and oxygen atoms in total. The Morgan fingerprint density at radius 1 is 1.10 bits per heavy atom. The topological polar surface area (TPSA) is 37.4 Å². The summed E-state index contributed by atoms with van der Waals surface area (Å²) in [6.45, 7) is 4.46. The molecule has 0 saturated heterocycles. The van der Waals surface area contributed by atoms with Gasteiger partial charge < -0.3 is 0 Å². The zero-order chi connectivity index (χ0) is 15.7. The third kappa shape index (κ3) is 3.52. The van der Waals surface area contributed by atoms with Crippen molar-refractivity contribution in [2.24, 2.45) is 5.92 Å². The van der Waals surface area contributed by atoms with E-state index >= 15 is 0 Å². The Kier molecular flexibility index (Phi) is 4.86. The van der Waals surface area contributed by atoms with Crippen LogP contribution in [0.5, 0.6) is 0 Å². The molecule has 0 saturated carbocycles. The van der Waals surface area contributed by atoms with Crippen LogP contribution in [0, 0.1) is 12.8 Å². The minimum Gasteiger partial charge on any atom is -0.207 e. The highest BCUT2D eigenvalue weighted by Gasteiger charge is 2.48. The normalized spacial score (nSPS) is 14.8. The Hall–Kier alpha value is -1.08. The van der Waals surface area contributed by atoms with Crippen molar-refractivity contribution in [1.29, 1.82) is 0 Å².